The summed E-state index contributed by atoms with van der Waals surface area (Å²) >= 11 is 0. The van der Waals surface area contributed by atoms with Crippen LogP contribution in [0.4, 0.5) is 0 Å². The molecular weight excluding hydrogens is 192 g/mol. The lowest BCUT2D eigenvalue weighted by molar-refractivity contribution is 0.0661. The first-order valence-corrected chi connectivity index (χ1v) is 5.54. The number of nitrogens with one attached hydrogen (secondary N) is 1. The van der Waals surface area contributed by atoms with E-state index in [1.54, 1.807) is 6.20 Å². The van der Waals surface area contributed by atoms with E-state index >= 15 is 0 Å². The Kier molecular flexibility index (Phi) is 3.75. The van der Waals surface area contributed by atoms with E-state index in [0.717, 1.165) is 56.7 Å². The molecule has 1 aliphatic heterocycles. The molecule has 0 aromatic carbocycles. The van der Waals surface area contributed by atoms with Gasteiger partial charge < -0.3 is 14.5 Å². The van der Waals surface area contributed by atoms with E-state index in [4.69, 9.17) is 9.15 Å². The van der Waals surface area contributed by atoms with E-state index < -0.39 is 0 Å². The Morgan fingerprint density at radius 1 is 1.47 bits per heavy atom. The second kappa shape index (κ2) is 5.28. The lowest BCUT2D eigenvalue weighted by Gasteiger charge is -2.21. The summed E-state index contributed by atoms with van der Waals surface area (Å²) in [6.07, 6.45) is 4.08. The largest absolute Gasteiger partial charge is 0.445 e. The number of aromatic nitrogens is 1. The smallest absolute Gasteiger partial charge is 0.208 e. The summed E-state index contributed by atoms with van der Waals surface area (Å²) in [6.45, 7) is 5.49. The van der Waals surface area contributed by atoms with E-state index in [1.165, 1.54) is 0 Å². The molecular formula is C11H18N2O2. The van der Waals surface area contributed by atoms with E-state index in [2.05, 4.69) is 10.3 Å². The summed E-state index contributed by atoms with van der Waals surface area (Å²) in [5, 5.41) is 3.37. The summed E-state index contributed by atoms with van der Waals surface area (Å²) in [5.41, 5.74) is 0. The minimum Gasteiger partial charge on any atom is -0.445 e. The molecule has 0 atom stereocenters. The van der Waals surface area contributed by atoms with Gasteiger partial charge in [0.15, 0.2) is 0 Å². The first-order valence-electron chi connectivity index (χ1n) is 5.54. The van der Waals surface area contributed by atoms with Crippen molar-refractivity contribution in [2.75, 3.05) is 19.8 Å². The molecule has 4 heteroatoms. The minimum atomic E-state index is 0.727. The van der Waals surface area contributed by atoms with Gasteiger partial charge in [0.1, 0.15) is 5.76 Å². The second-order valence-electron chi connectivity index (χ2n) is 4.05. The van der Waals surface area contributed by atoms with Crippen molar-refractivity contribution < 1.29 is 9.15 Å². The fourth-order valence-electron chi connectivity index (χ4n) is 1.82. The lowest BCUT2D eigenvalue weighted by Crippen LogP contribution is -2.27. The van der Waals surface area contributed by atoms with Gasteiger partial charge >= 0.3 is 0 Å². The first-order chi connectivity index (χ1) is 7.34. The van der Waals surface area contributed by atoms with Crippen molar-refractivity contribution >= 4 is 0 Å². The van der Waals surface area contributed by atoms with Crippen LogP contribution in [-0.2, 0) is 11.3 Å². The van der Waals surface area contributed by atoms with Crippen molar-refractivity contribution in [3.63, 3.8) is 0 Å². The van der Waals surface area contributed by atoms with Crippen LogP contribution in [0.2, 0.25) is 0 Å². The van der Waals surface area contributed by atoms with Crippen LogP contribution >= 0.6 is 0 Å². The predicted octanol–water partition coefficient (Wildman–Crippen LogP) is 1.50. The molecule has 0 amide bonds. The highest BCUT2D eigenvalue weighted by atomic mass is 16.5. The van der Waals surface area contributed by atoms with Gasteiger partial charge in [-0.3, -0.25) is 0 Å². The summed E-state index contributed by atoms with van der Waals surface area (Å²) in [7, 11) is 0. The van der Waals surface area contributed by atoms with Crippen molar-refractivity contribution in [2.45, 2.75) is 26.3 Å². The van der Waals surface area contributed by atoms with Gasteiger partial charge in [0, 0.05) is 13.2 Å². The van der Waals surface area contributed by atoms with E-state index in [0.29, 0.717) is 0 Å². The maximum absolute atomic E-state index is 5.37. The Balaban J connectivity index is 1.65. The Bertz CT molecular complexity index is 293. The van der Waals surface area contributed by atoms with Gasteiger partial charge in [-0.15, -0.1) is 0 Å². The molecule has 1 aromatic heterocycles. The Morgan fingerprint density at radius 3 is 2.93 bits per heavy atom. The Hall–Kier alpha value is -0.870. The number of rotatable bonds is 4. The number of oxazole rings is 1. The summed E-state index contributed by atoms with van der Waals surface area (Å²) in [4.78, 5) is 4.14. The van der Waals surface area contributed by atoms with Crippen molar-refractivity contribution in [3.8, 4) is 0 Å². The molecule has 1 aliphatic rings. The molecule has 1 saturated heterocycles. The highest BCUT2D eigenvalue weighted by Crippen LogP contribution is 2.13. The molecule has 0 bridgehead atoms. The molecule has 15 heavy (non-hydrogen) atoms. The van der Waals surface area contributed by atoms with Crippen LogP contribution in [-0.4, -0.2) is 24.7 Å². The molecule has 0 unspecified atom stereocenters. The highest BCUT2D eigenvalue weighted by Gasteiger charge is 2.13. The minimum absolute atomic E-state index is 0.727. The number of nitrogens with zero attached hydrogens (tertiary/aromatic N) is 1. The average molecular weight is 210 g/mol. The molecule has 0 aliphatic carbocycles. The molecule has 0 radical (unpaired) electrons. The average Bonchev–Trinajstić information content (AvgIpc) is 2.66. The normalized spacial score (nSPS) is 18.2. The quantitative estimate of drug-likeness (QED) is 0.818. The molecule has 4 nitrogen and oxygen atoms in total. The third-order valence-electron chi connectivity index (χ3n) is 2.72. The van der Waals surface area contributed by atoms with Gasteiger partial charge in [-0.25, -0.2) is 4.98 Å². The van der Waals surface area contributed by atoms with Crippen LogP contribution in [0.5, 0.6) is 0 Å². The Morgan fingerprint density at radius 2 is 2.27 bits per heavy atom. The van der Waals surface area contributed by atoms with Crippen molar-refractivity contribution in [3.05, 3.63) is 17.8 Å². The van der Waals surface area contributed by atoms with Crippen LogP contribution in [0, 0.1) is 12.8 Å². The lowest BCUT2D eigenvalue weighted by atomic mass is 10.0. The molecule has 0 saturated carbocycles. The van der Waals surface area contributed by atoms with Crippen molar-refractivity contribution in [1.29, 1.82) is 0 Å². The molecule has 84 valence electrons. The number of hydrogen-bond acceptors (Lipinski definition) is 4. The zero-order valence-corrected chi connectivity index (χ0v) is 9.16. The molecule has 2 rings (SSSR count). The molecule has 1 aromatic rings. The van der Waals surface area contributed by atoms with E-state index in [1.807, 2.05) is 6.92 Å². The fraction of sp³-hybridized carbons (Fsp3) is 0.727. The fourth-order valence-corrected chi connectivity index (χ4v) is 1.82. The highest BCUT2D eigenvalue weighted by molar-refractivity contribution is 4.90. The van der Waals surface area contributed by atoms with E-state index in [-0.39, 0.29) is 0 Å². The zero-order chi connectivity index (χ0) is 10.5. The molecule has 1 fully saturated rings. The molecule has 0 spiro atoms. The maximum Gasteiger partial charge on any atom is 0.208 e. The standard InChI is InChI=1S/C11H18N2O2/c1-9-6-13-11(15-9)8-12-7-10-2-4-14-5-3-10/h6,10,12H,2-5,7-8H2,1H3. The topological polar surface area (TPSA) is 47.3 Å². The zero-order valence-electron chi connectivity index (χ0n) is 9.16. The summed E-state index contributed by atoms with van der Waals surface area (Å²) < 4.78 is 10.7. The number of ether oxygens (including phenoxy) is 1. The maximum atomic E-state index is 5.37. The van der Waals surface area contributed by atoms with Crippen LogP contribution in [0.15, 0.2) is 10.6 Å². The van der Waals surface area contributed by atoms with Crippen molar-refractivity contribution in [2.24, 2.45) is 5.92 Å². The van der Waals surface area contributed by atoms with Crippen LogP contribution < -0.4 is 5.32 Å². The summed E-state index contributed by atoms with van der Waals surface area (Å²) in [5.74, 6) is 2.40. The van der Waals surface area contributed by atoms with Crippen molar-refractivity contribution in [1.82, 2.24) is 10.3 Å². The van der Waals surface area contributed by atoms with Gasteiger partial charge in [-0.05, 0) is 32.2 Å². The van der Waals surface area contributed by atoms with Gasteiger partial charge in [0.2, 0.25) is 5.89 Å². The van der Waals surface area contributed by atoms with Gasteiger partial charge in [0.05, 0.1) is 12.7 Å². The van der Waals surface area contributed by atoms with Crippen LogP contribution in [0.25, 0.3) is 0 Å². The SMILES string of the molecule is Cc1cnc(CNCC2CCOCC2)o1. The third kappa shape index (κ3) is 3.32. The number of aryl methyl sites for hydroxylation is 1. The Labute approximate surface area is 90.0 Å². The van der Waals surface area contributed by atoms with Gasteiger partial charge in [-0.1, -0.05) is 0 Å². The molecule has 1 N–H and O–H groups in total. The van der Waals surface area contributed by atoms with Gasteiger partial charge in [0.25, 0.3) is 0 Å². The number of hydrogen-bond donors (Lipinski definition) is 1. The third-order valence-corrected chi connectivity index (χ3v) is 2.72. The van der Waals surface area contributed by atoms with Crippen LogP contribution in [0.3, 0.4) is 0 Å². The first kappa shape index (κ1) is 10.6. The monoisotopic (exact) mass is 210 g/mol. The second-order valence-corrected chi connectivity index (χ2v) is 4.05. The summed E-state index contributed by atoms with van der Waals surface area (Å²) in [6, 6.07) is 0. The van der Waals surface area contributed by atoms with Crippen LogP contribution in [0.1, 0.15) is 24.5 Å². The van der Waals surface area contributed by atoms with Gasteiger partial charge in [-0.2, -0.15) is 0 Å². The van der Waals surface area contributed by atoms with E-state index in [9.17, 15) is 0 Å². The molecule has 2 heterocycles. The predicted molar refractivity (Wildman–Crippen MR) is 56.5 cm³/mol.